The molecule has 0 spiro atoms. The SMILES string of the molecule is CCc1ccc(CCC([O])=O)cc1. The van der Waals surface area contributed by atoms with E-state index in [-0.39, 0.29) is 6.42 Å². The van der Waals surface area contributed by atoms with Crippen molar-refractivity contribution < 1.29 is 9.90 Å². The quantitative estimate of drug-likeness (QED) is 0.694. The maximum absolute atomic E-state index is 10.2. The summed E-state index contributed by atoms with van der Waals surface area (Å²) in [5, 5.41) is 10.2. The Kier molecular flexibility index (Phi) is 3.50. The van der Waals surface area contributed by atoms with Crippen LogP contribution in [0.2, 0.25) is 0 Å². The molecule has 0 aliphatic carbocycles. The van der Waals surface area contributed by atoms with E-state index in [9.17, 15) is 9.90 Å². The first-order valence-corrected chi connectivity index (χ1v) is 4.50. The van der Waals surface area contributed by atoms with Crippen LogP contribution in [-0.4, -0.2) is 5.97 Å². The van der Waals surface area contributed by atoms with E-state index in [2.05, 4.69) is 6.92 Å². The Morgan fingerprint density at radius 1 is 1.15 bits per heavy atom. The third-order valence-electron chi connectivity index (χ3n) is 2.05. The minimum atomic E-state index is -0.987. The first-order valence-electron chi connectivity index (χ1n) is 4.50. The van der Waals surface area contributed by atoms with Gasteiger partial charge in [0.2, 0.25) is 0 Å². The van der Waals surface area contributed by atoms with Crippen molar-refractivity contribution in [1.29, 1.82) is 0 Å². The molecule has 0 unspecified atom stereocenters. The highest BCUT2D eigenvalue weighted by atomic mass is 16.4. The van der Waals surface area contributed by atoms with Crippen LogP contribution in [0.25, 0.3) is 0 Å². The molecule has 1 aromatic carbocycles. The highest BCUT2D eigenvalue weighted by molar-refractivity contribution is 5.66. The van der Waals surface area contributed by atoms with Gasteiger partial charge in [-0.1, -0.05) is 31.2 Å². The molecule has 0 N–H and O–H groups in total. The third kappa shape index (κ3) is 3.28. The van der Waals surface area contributed by atoms with E-state index in [1.807, 2.05) is 24.3 Å². The van der Waals surface area contributed by atoms with Crippen molar-refractivity contribution in [3.8, 4) is 0 Å². The lowest BCUT2D eigenvalue weighted by Crippen LogP contribution is -1.95. The molecule has 0 aromatic heterocycles. The van der Waals surface area contributed by atoms with Gasteiger partial charge in [0.05, 0.1) is 6.42 Å². The number of carbonyl (C=O) groups is 1. The van der Waals surface area contributed by atoms with Crippen molar-refractivity contribution in [3.05, 3.63) is 35.4 Å². The number of rotatable bonds is 4. The lowest BCUT2D eigenvalue weighted by atomic mass is 10.1. The maximum Gasteiger partial charge on any atom is 0.355 e. The van der Waals surface area contributed by atoms with E-state index in [0.717, 1.165) is 12.0 Å². The maximum atomic E-state index is 10.2. The predicted octanol–water partition coefficient (Wildman–Crippen LogP) is 2.14. The minimum Gasteiger partial charge on any atom is -0.247 e. The molecule has 0 fully saturated rings. The van der Waals surface area contributed by atoms with Crippen LogP contribution in [0.1, 0.15) is 24.5 Å². The van der Waals surface area contributed by atoms with Crippen LogP contribution in [0.3, 0.4) is 0 Å². The predicted molar refractivity (Wildman–Crippen MR) is 49.8 cm³/mol. The fourth-order valence-electron chi connectivity index (χ4n) is 1.19. The van der Waals surface area contributed by atoms with Crippen LogP contribution in [-0.2, 0) is 22.7 Å². The zero-order valence-electron chi connectivity index (χ0n) is 7.75. The number of hydrogen-bond acceptors (Lipinski definition) is 1. The zero-order valence-corrected chi connectivity index (χ0v) is 7.75. The number of aryl methyl sites for hydroxylation is 2. The van der Waals surface area contributed by atoms with E-state index in [1.165, 1.54) is 5.56 Å². The Morgan fingerprint density at radius 2 is 1.69 bits per heavy atom. The standard InChI is InChI=1S/C11H13O2/c1-2-9-3-5-10(6-4-9)7-8-11(12)13/h3-6H,2,7-8H2,1H3. The zero-order chi connectivity index (χ0) is 9.68. The fraction of sp³-hybridized carbons (Fsp3) is 0.364. The summed E-state index contributed by atoms with van der Waals surface area (Å²) < 4.78 is 0. The molecule has 13 heavy (non-hydrogen) atoms. The Hall–Kier alpha value is -1.31. The summed E-state index contributed by atoms with van der Waals surface area (Å²) in [4.78, 5) is 10.2. The van der Waals surface area contributed by atoms with Gasteiger partial charge < -0.3 is 0 Å². The van der Waals surface area contributed by atoms with Gasteiger partial charge in [-0.25, -0.2) is 9.90 Å². The van der Waals surface area contributed by atoms with Gasteiger partial charge in [0.25, 0.3) is 0 Å². The number of benzene rings is 1. The molecule has 2 nitrogen and oxygen atoms in total. The highest BCUT2D eigenvalue weighted by Crippen LogP contribution is 2.07. The van der Waals surface area contributed by atoms with Crippen molar-refractivity contribution in [2.24, 2.45) is 0 Å². The smallest absolute Gasteiger partial charge is 0.247 e. The molecule has 0 saturated heterocycles. The van der Waals surface area contributed by atoms with E-state index in [1.54, 1.807) is 0 Å². The second kappa shape index (κ2) is 4.65. The summed E-state index contributed by atoms with van der Waals surface area (Å²) in [6.07, 6.45) is 1.68. The van der Waals surface area contributed by atoms with E-state index < -0.39 is 5.97 Å². The van der Waals surface area contributed by atoms with Crippen LogP contribution in [0.4, 0.5) is 0 Å². The van der Waals surface area contributed by atoms with Gasteiger partial charge in [-0.3, -0.25) is 0 Å². The summed E-state index contributed by atoms with van der Waals surface area (Å²) in [6.45, 7) is 2.09. The minimum absolute atomic E-state index is 0.103. The topological polar surface area (TPSA) is 37.0 Å². The Morgan fingerprint density at radius 3 is 2.15 bits per heavy atom. The van der Waals surface area contributed by atoms with Crippen LogP contribution >= 0.6 is 0 Å². The fourth-order valence-corrected chi connectivity index (χ4v) is 1.19. The van der Waals surface area contributed by atoms with Gasteiger partial charge in [0.1, 0.15) is 0 Å². The molecule has 1 aromatic rings. The highest BCUT2D eigenvalue weighted by Gasteiger charge is 2.00. The molecule has 1 radical (unpaired) electrons. The molecule has 0 bridgehead atoms. The molecular formula is C11H13O2. The average molecular weight is 177 g/mol. The van der Waals surface area contributed by atoms with Crippen molar-refractivity contribution in [2.75, 3.05) is 0 Å². The largest absolute Gasteiger partial charge is 0.355 e. The monoisotopic (exact) mass is 177 g/mol. The Balaban J connectivity index is 2.54. The van der Waals surface area contributed by atoms with Gasteiger partial charge in [-0.05, 0) is 24.0 Å². The van der Waals surface area contributed by atoms with Crippen molar-refractivity contribution >= 4 is 5.97 Å². The molecule has 0 atom stereocenters. The molecule has 2 heteroatoms. The normalized spacial score (nSPS) is 9.92. The summed E-state index contributed by atoms with van der Waals surface area (Å²) in [7, 11) is 0. The summed E-state index contributed by atoms with van der Waals surface area (Å²) in [5.41, 5.74) is 2.33. The van der Waals surface area contributed by atoms with Crippen molar-refractivity contribution in [2.45, 2.75) is 26.2 Å². The van der Waals surface area contributed by atoms with Gasteiger partial charge in [-0.2, -0.15) is 0 Å². The Labute approximate surface area is 78.2 Å². The second-order valence-electron chi connectivity index (χ2n) is 3.04. The molecule has 69 valence electrons. The molecule has 0 aliphatic rings. The summed E-state index contributed by atoms with van der Waals surface area (Å²) in [6, 6.07) is 8.01. The number of carbonyl (C=O) groups excluding carboxylic acids is 1. The van der Waals surface area contributed by atoms with Crippen LogP contribution < -0.4 is 0 Å². The van der Waals surface area contributed by atoms with E-state index >= 15 is 0 Å². The molecular weight excluding hydrogens is 164 g/mol. The van der Waals surface area contributed by atoms with Gasteiger partial charge in [0, 0.05) is 0 Å². The van der Waals surface area contributed by atoms with Crippen molar-refractivity contribution in [3.63, 3.8) is 0 Å². The molecule has 0 amide bonds. The molecule has 0 aliphatic heterocycles. The molecule has 0 heterocycles. The second-order valence-corrected chi connectivity index (χ2v) is 3.04. The lowest BCUT2D eigenvalue weighted by molar-refractivity contribution is -0.143. The Bertz CT molecular complexity index is 275. The molecule has 1 rings (SSSR count). The first-order chi connectivity index (χ1) is 6.22. The summed E-state index contributed by atoms with van der Waals surface area (Å²) in [5.74, 6) is -0.987. The van der Waals surface area contributed by atoms with E-state index in [4.69, 9.17) is 0 Å². The summed E-state index contributed by atoms with van der Waals surface area (Å²) >= 11 is 0. The first kappa shape index (κ1) is 9.78. The van der Waals surface area contributed by atoms with E-state index in [0.29, 0.717) is 6.42 Å². The average Bonchev–Trinajstić information content (AvgIpc) is 2.15. The van der Waals surface area contributed by atoms with Gasteiger partial charge >= 0.3 is 5.97 Å². The van der Waals surface area contributed by atoms with Gasteiger partial charge in [-0.15, -0.1) is 0 Å². The van der Waals surface area contributed by atoms with Crippen molar-refractivity contribution in [1.82, 2.24) is 0 Å². The van der Waals surface area contributed by atoms with Crippen LogP contribution in [0.15, 0.2) is 24.3 Å². The van der Waals surface area contributed by atoms with Gasteiger partial charge in [0.15, 0.2) is 0 Å². The molecule has 0 saturated carbocycles. The van der Waals surface area contributed by atoms with Crippen LogP contribution in [0, 0.1) is 0 Å². The van der Waals surface area contributed by atoms with Crippen LogP contribution in [0.5, 0.6) is 0 Å². The third-order valence-corrected chi connectivity index (χ3v) is 2.05. The lowest BCUT2D eigenvalue weighted by Gasteiger charge is -1.99. The number of hydrogen-bond donors (Lipinski definition) is 0.